The van der Waals surface area contributed by atoms with Gasteiger partial charge in [-0.2, -0.15) is 8.42 Å². The first-order valence-corrected chi connectivity index (χ1v) is 7.49. The van der Waals surface area contributed by atoms with E-state index in [0.717, 1.165) is 22.5 Å². The average Bonchev–Trinajstić information content (AvgIpc) is 2.99. The molecule has 0 atom stereocenters. The van der Waals surface area contributed by atoms with Crippen LogP contribution in [-0.4, -0.2) is 22.6 Å². The monoisotopic (exact) mass is 303 g/mol. The fraction of sp³-hybridized carbons (Fsp3) is 0. The summed E-state index contributed by atoms with van der Waals surface area (Å²) < 4.78 is 38.3. The molecule has 0 saturated carbocycles. The fourth-order valence-corrected chi connectivity index (χ4v) is 2.85. The lowest BCUT2D eigenvalue weighted by molar-refractivity contribution is 0.579. The second-order valence-corrected chi connectivity index (χ2v) is 6.06. The van der Waals surface area contributed by atoms with Crippen LogP contribution in [0.25, 0.3) is 11.4 Å². The van der Waals surface area contributed by atoms with E-state index in [9.17, 15) is 12.8 Å². The smallest absolute Gasteiger partial charge is 0.214 e. The number of hydrogen-bond acceptors (Lipinski definition) is 4. The first kappa shape index (κ1) is 13.4. The Morgan fingerprint density at radius 3 is 2.29 bits per heavy atom. The van der Waals surface area contributed by atoms with Crippen molar-refractivity contribution in [3.05, 3.63) is 66.7 Å². The van der Waals surface area contributed by atoms with Crippen molar-refractivity contribution in [1.29, 1.82) is 0 Å². The number of hydrogen-bond donors (Lipinski definition) is 0. The summed E-state index contributed by atoms with van der Waals surface area (Å²) in [6, 6.07) is 13.6. The van der Waals surface area contributed by atoms with Crippen LogP contribution in [0.1, 0.15) is 0 Å². The van der Waals surface area contributed by atoms with E-state index in [1.807, 2.05) is 18.2 Å². The minimum atomic E-state index is -3.87. The molecular weight excluding hydrogens is 293 g/mol. The fourth-order valence-electron chi connectivity index (χ4n) is 1.80. The van der Waals surface area contributed by atoms with Crippen LogP contribution in [0.5, 0.6) is 0 Å². The normalized spacial score (nSPS) is 11.5. The molecule has 1 heterocycles. The Labute approximate surface area is 120 Å². The van der Waals surface area contributed by atoms with Gasteiger partial charge in [-0.15, -0.1) is 9.19 Å². The lowest BCUT2D eigenvalue weighted by Gasteiger charge is -2.02. The van der Waals surface area contributed by atoms with Gasteiger partial charge in [0.2, 0.25) is 0 Å². The summed E-state index contributed by atoms with van der Waals surface area (Å²) >= 11 is 0. The van der Waals surface area contributed by atoms with Gasteiger partial charge in [-0.3, -0.25) is 0 Å². The van der Waals surface area contributed by atoms with E-state index in [2.05, 4.69) is 10.1 Å². The molecule has 0 fully saturated rings. The average molecular weight is 303 g/mol. The molecule has 0 aliphatic heterocycles. The van der Waals surface area contributed by atoms with Crippen LogP contribution >= 0.6 is 0 Å². The van der Waals surface area contributed by atoms with Crippen molar-refractivity contribution in [2.45, 2.75) is 4.90 Å². The molecular formula is C14H10FN3O2S. The van der Waals surface area contributed by atoms with Gasteiger partial charge < -0.3 is 0 Å². The molecule has 3 rings (SSSR count). The van der Waals surface area contributed by atoms with E-state index >= 15 is 0 Å². The Hall–Kier alpha value is -2.54. The molecule has 7 heteroatoms. The van der Waals surface area contributed by atoms with Gasteiger partial charge in [-0.25, -0.2) is 9.37 Å². The number of halogens is 1. The van der Waals surface area contributed by atoms with Gasteiger partial charge in [0.1, 0.15) is 12.1 Å². The molecule has 0 amide bonds. The number of nitrogens with zero attached hydrogens (tertiary/aromatic N) is 3. The Bertz CT molecular complexity index is 859. The molecule has 3 aromatic rings. The van der Waals surface area contributed by atoms with Gasteiger partial charge in [-0.05, 0) is 24.3 Å². The van der Waals surface area contributed by atoms with Crippen LogP contribution in [0.3, 0.4) is 0 Å². The third kappa shape index (κ3) is 2.55. The largest absolute Gasteiger partial charge is 0.284 e. The minimum Gasteiger partial charge on any atom is -0.214 e. The van der Waals surface area contributed by atoms with Crippen LogP contribution in [0.2, 0.25) is 0 Å². The zero-order valence-corrected chi connectivity index (χ0v) is 11.5. The van der Waals surface area contributed by atoms with Crippen LogP contribution in [0, 0.1) is 5.82 Å². The SMILES string of the molecule is O=S(=O)(c1ccc(F)cc1)n1cnc(-c2ccccc2)n1. The van der Waals surface area contributed by atoms with Crippen LogP contribution in [0.15, 0.2) is 65.8 Å². The summed E-state index contributed by atoms with van der Waals surface area (Å²) in [5.74, 6) is -0.196. The summed E-state index contributed by atoms with van der Waals surface area (Å²) in [6.45, 7) is 0. The maximum absolute atomic E-state index is 12.9. The van der Waals surface area contributed by atoms with E-state index in [0.29, 0.717) is 11.4 Å². The van der Waals surface area contributed by atoms with Gasteiger partial charge in [0, 0.05) is 5.56 Å². The summed E-state index contributed by atoms with van der Waals surface area (Å²) in [5.41, 5.74) is 0.713. The summed E-state index contributed by atoms with van der Waals surface area (Å²) in [7, 11) is -3.87. The molecule has 2 aromatic carbocycles. The van der Waals surface area contributed by atoms with E-state index in [4.69, 9.17) is 0 Å². The molecule has 0 aliphatic carbocycles. The highest BCUT2D eigenvalue weighted by atomic mass is 32.2. The number of rotatable bonds is 3. The van der Waals surface area contributed by atoms with E-state index in [-0.39, 0.29) is 4.90 Å². The molecule has 106 valence electrons. The molecule has 0 aliphatic rings. The number of benzene rings is 2. The molecule has 5 nitrogen and oxygen atoms in total. The first-order valence-electron chi connectivity index (χ1n) is 6.05. The van der Waals surface area contributed by atoms with E-state index in [1.165, 1.54) is 12.1 Å². The first-order chi connectivity index (χ1) is 10.1. The maximum Gasteiger partial charge on any atom is 0.284 e. The predicted octanol–water partition coefficient (Wildman–Crippen LogP) is 2.32. The summed E-state index contributed by atoms with van der Waals surface area (Å²) in [5, 5.41) is 3.97. The van der Waals surface area contributed by atoms with Crippen molar-refractivity contribution in [2.24, 2.45) is 0 Å². The molecule has 0 spiro atoms. The predicted molar refractivity (Wildman–Crippen MR) is 74.4 cm³/mol. The standard InChI is InChI=1S/C14H10FN3O2S/c15-12-6-8-13(9-7-12)21(19,20)18-10-16-14(17-18)11-4-2-1-3-5-11/h1-10H. The van der Waals surface area contributed by atoms with Crippen molar-refractivity contribution in [3.8, 4) is 11.4 Å². The Kier molecular flexibility index (Phi) is 3.26. The maximum atomic E-state index is 12.9. The van der Waals surface area contributed by atoms with E-state index in [1.54, 1.807) is 12.1 Å². The van der Waals surface area contributed by atoms with Crippen LogP contribution < -0.4 is 0 Å². The van der Waals surface area contributed by atoms with E-state index < -0.39 is 15.8 Å². The Morgan fingerprint density at radius 1 is 0.952 bits per heavy atom. The van der Waals surface area contributed by atoms with Gasteiger partial charge in [0.05, 0.1) is 4.90 Å². The molecule has 0 bridgehead atoms. The number of aromatic nitrogens is 3. The molecule has 0 radical (unpaired) electrons. The lowest BCUT2D eigenvalue weighted by Crippen LogP contribution is -2.13. The van der Waals surface area contributed by atoms with Crippen molar-refractivity contribution in [1.82, 2.24) is 14.2 Å². The van der Waals surface area contributed by atoms with Crippen LogP contribution in [-0.2, 0) is 10.0 Å². The third-order valence-electron chi connectivity index (χ3n) is 2.86. The summed E-state index contributed by atoms with van der Waals surface area (Å²) in [4.78, 5) is 3.95. The molecule has 0 N–H and O–H groups in total. The second-order valence-electron chi connectivity index (χ2n) is 4.27. The van der Waals surface area contributed by atoms with Gasteiger partial charge in [0.25, 0.3) is 10.0 Å². The molecule has 0 saturated heterocycles. The van der Waals surface area contributed by atoms with Crippen LogP contribution in [0.4, 0.5) is 4.39 Å². The minimum absolute atomic E-state index is 0.0478. The second kappa shape index (κ2) is 5.10. The van der Waals surface area contributed by atoms with Crippen molar-refractivity contribution in [3.63, 3.8) is 0 Å². The van der Waals surface area contributed by atoms with Gasteiger partial charge in [0.15, 0.2) is 5.82 Å². The van der Waals surface area contributed by atoms with Gasteiger partial charge >= 0.3 is 0 Å². The van der Waals surface area contributed by atoms with Crippen molar-refractivity contribution in [2.75, 3.05) is 0 Å². The highest BCUT2D eigenvalue weighted by Gasteiger charge is 2.19. The van der Waals surface area contributed by atoms with Gasteiger partial charge in [-0.1, -0.05) is 30.3 Å². The molecule has 0 unspecified atom stereocenters. The topological polar surface area (TPSA) is 64.8 Å². The molecule has 1 aromatic heterocycles. The Balaban J connectivity index is 2.01. The highest BCUT2D eigenvalue weighted by molar-refractivity contribution is 7.89. The zero-order chi connectivity index (χ0) is 14.9. The Morgan fingerprint density at radius 2 is 1.62 bits per heavy atom. The quantitative estimate of drug-likeness (QED) is 0.745. The zero-order valence-electron chi connectivity index (χ0n) is 10.7. The third-order valence-corrected chi connectivity index (χ3v) is 4.40. The highest BCUT2D eigenvalue weighted by Crippen LogP contribution is 2.17. The molecule has 21 heavy (non-hydrogen) atoms. The van der Waals surface area contributed by atoms with Crippen molar-refractivity contribution >= 4 is 10.0 Å². The lowest BCUT2D eigenvalue weighted by atomic mass is 10.2. The van der Waals surface area contributed by atoms with Crippen molar-refractivity contribution < 1.29 is 12.8 Å². The summed E-state index contributed by atoms with van der Waals surface area (Å²) in [6.07, 6.45) is 1.13.